The van der Waals surface area contributed by atoms with Gasteiger partial charge in [0.05, 0.1) is 0 Å². The molecule has 2 rings (SSSR count). The Labute approximate surface area is 115 Å². The summed E-state index contributed by atoms with van der Waals surface area (Å²) in [5, 5.41) is 9.17. The number of nitrogens with zero attached hydrogens (tertiary/aromatic N) is 2. The lowest BCUT2D eigenvalue weighted by molar-refractivity contribution is -0.141. The average Bonchev–Trinajstić information content (AvgIpc) is 2.90. The number of carbonyl (C=O) groups excluding carboxylic acids is 1. The highest BCUT2D eigenvalue weighted by molar-refractivity contribution is 7.99. The van der Waals surface area contributed by atoms with E-state index in [4.69, 9.17) is 0 Å². The molecule has 0 spiro atoms. The molecule has 0 aromatic carbocycles. The number of carboxylic acid groups (broad SMARTS) is 1. The largest absolute Gasteiger partial charge is 0.480 e. The maximum absolute atomic E-state index is 12.4. The van der Waals surface area contributed by atoms with Gasteiger partial charge in [0, 0.05) is 36.9 Å². The molecule has 2 aliphatic rings. The van der Waals surface area contributed by atoms with Gasteiger partial charge in [-0.3, -0.25) is 0 Å². The maximum atomic E-state index is 12.4. The molecule has 18 heavy (non-hydrogen) atoms. The summed E-state index contributed by atoms with van der Waals surface area (Å²) in [5.41, 5.74) is 0. The number of carboxylic acids is 1. The van der Waals surface area contributed by atoms with E-state index in [0.29, 0.717) is 12.3 Å². The molecule has 2 aliphatic heterocycles. The van der Waals surface area contributed by atoms with Crippen LogP contribution in [0.25, 0.3) is 0 Å². The predicted octanol–water partition coefficient (Wildman–Crippen LogP) is 1.05. The molecule has 0 aromatic heterocycles. The average molecular weight is 290 g/mol. The number of hydrogen-bond donors (Lipinski definition) is 1. The second kappa shape index (κ2) is 6.06. The number of hydrogen-bond acceptors (Lipinski definition) is 4. The fourth-order valence-corrected chi connectivity index (χ4v) is 4.53. The number of thioether (sulfide) groups is 2. The molecule has 2 atom stereocenters. The minimum absolute atomic E-state index is 0.129. The Hall–Kier alpha value is -0.560. The number of amides is 2. The van der Waals surface area contributed by atoms with Crippen LogP contribution in [0.5, 0.6) is 0 Å². The van der Waals surface area contributed by atoms with E-state index in [1.807, 2.05) is 11.8 Å². The molecule has 2 heterocycles. The summed E-state index contributed by atoms with van der Waals surface area (Å²) in [7, 11) is 1.79. The highest BCUT2D eigenvalue weighted by Crippen LogP contribution is 2.24. The highest BCUT2D eigenvalue weighted by Gasteiger charge is 2.36. The van der Waals surface area contributed by atoms with Gasteiger partial charge >= 0.3 is 12.0 Å². The van der Waals surface area contributed by atoms with Crippen LogP contribution in [-0.4, -0.2) is 75.6 Å². The van der Waals surface area contributed by atoms with Crippen molar-refractivity contribution in [1.82, 2.24) is 9.80 Å². The number of rotatable bonds is 2. The molecule has 2 saturated heterocycles. The molecule has 1 N–H and O–H groups in total. The van der Waals surface area contributed by atoms with Gasteiger partial charge in [-0.1, -0.05) is 0 Å². The summed E-state index contributed by atoms with van der Waals surface area (Å²) in [6, 6.07) is -0.547. The molecule has 0 aliphatic carbocycles. The van der Waals surface area contributed by atoms with E-state index in [2.05, 4.69) is 0 Å². The molecule has 2 amide bonds. The minimum Gasteiger partial charge on any atom is -0.480 e. The van der Waals surface area contributed by atoms with Crippen LogP contribution in [0.4, 0.5) is 4.79 Å². The normalized spacial score (nSPS) is 28.2. The molecule has 2 unspecified atom stereocenters. The maximum Gasteiger partial charge on any atom is 0.327 e. The third-order valence-corrected chi connectivity index (χ3v) is 5.58. The smallest absolute Gasteiger partial charge is 0.327 e. The van der Waals surface area contributed by atoms with Crippen LogP contribution in [0.15, 0.2) is 0 Å². The van der Waals surface area contributed by atoms with E-state index in [1.165, 1.54) is 4.90 Å². The van der Waals surface area contributed by atoms with Gasteiger partial charge in [0.2, 0.25) is 0 Å². The van der Waals surface area contributed by atoms with Gasteiger partial charge < -0.3 is 14.9 Å². The molecular weight excluding hydrogens is 272 g/mol. The van der Waals surface area contributed by atoms with Crippen molar-refractivity contribution in [2.75, 3.05) is 36.6 Å². The standard InChI is InChI=1S/C11H18N2O3S2/c1-12(8-2-4-17-6-8)11(16)13-3-5-18-7-9(13)10(14)15/h8-9H,2-7H2,1H3,(H,14,15). The molecular formula is C11H18N2O3S2. The van der Waals surface area contributed by atoms with Crippen molar-refractivity contribution >= 4 is 35.5 Å². The summed E-state index contributed by atoms with van der Waals surface area (Å²) in [4.78, 5) is 26.8. The Morgan fingerprint density at radius 1 is 1.28 bits per heavy atom. The lowest BCUT2D eigenvalue weighted by Crippen LogP contribution is -2.55. The first kappa shape index (κ1) is 13.9. The zero-order valence-electron chi connectivity index (χ0n) is 10.4. The van der Waals surface area contributed by atoms with E-state index in [-0.39, 0.29) is 12.1 Å². The first-order chi connectivity index (χ1) is 8.61. The Morgan fingerprint density at radius 2 is 2.00 bits per heavy atom. The van der Waals surface area contributed by atoms with Gasteiger partial charge in [-0.2, -0.15) is 23.5 Å². The molecule has 7 heteroatoms. The zero-order valence-corrected chi connectivity index (χ0v) is 12.0. The van der Waals surface area contributed by atoms with E-state index in [1.54, 1.807) is 23.7 Å². The van der Waals surface area contributed by atoms with Gasteiger partial charge in [0.25, 0.3) is 0 Å². The number of carbonyl (C=O) groups is 2. The van der Waals surface area contributed by atoms with Gasteiger partial charge in [-0.25, -0.2) is 9.59 Å². The number of urea groups is 1. The third kappa shape index (κ3) is 2.88. The summed E-state index contributed by atoms with van der Waals surface area (Å²) < 4.78 is 0. The van der Waals surface area contributed by atoms with Crippen molar-refractivity contribution in [3.63, 3.8) is 0 Å². The second-order valence-corrected chi connectivity index (χ2v) is 6.83. The molecule has 0 radical (unpaired) electrons. The van der Waals surface area contributed by atoms with E-state index < -0.39 is 12.0 Å². The van der Waals surface area contributed by atoms with Gasteiger partial charge in [0.1, 0.15) is 6.04 Å². The van der Waals surface area contributed by atoms with Crippen molar-refractivity contribution < 1.29 is 14.7 Å². The lowest BCUT2D eigenvalue weighted by atomic mass is 10.2. The van der Waals surface area contributed by atoms with Gasteiger partial charge in [0.15, 0.2) is 0 Å². The van der Waals surface area contributed by atoms with Crippen LogP contribution in [-0.2, 0) is 4.79 Å². The second-order valence-electron chi connectivity index (χ2n) is 4.53. The van der Waals surface area contributed by atoms with Crippen LogP contribution in [0.3, 0.4) is 0 Å². The van der Waals surface area contributed by atoms with E-state index >= 15 is 0 Å². The monoisotopic (exact) mass is 290 g/mol. The van der Waals surface area contributed by atoms with E-state index in [0.717, 1.165) is 23.7 Å². The third-order valence-electron chi connectivity index (χ3n) is 3.41. The van der Waals surface area contributed by atoms with Gasteiger partial charge in [-0.05, 0) is 12.2 Å². The van der Waals surface area contributed by atoms with Crippen molar-refractivity contribution in [3.05, 3.63) is 0 Å². The summed E-state index contributed by atoms with van der Waals surface area (Å²) in [6.07, 6.45) is 1.01. The van der Waals surface area contributed by atoms with Crippen molar-refractivity contribution in [2.24, 2.45) is 0 Å². The van der Waals surface area contributed by atoms with Crippen LogP contribution in [0.1, 0.15) is 6.42 Å². The first-order valence-corrected chi connectivity index (χ1v) is 8.34. The van der Waals surface area contributed by atoms with Gasteiger partial charge in [-0.15, -0.1) is 0 Å². The zero-order chi connectivity index (χ0) is 13.1. The topological polar surface area (TPSA) is 60.9 Å². The molecule has 2 fully saturated rings. The van der Waals surface area contributed by atoms with Crippen LogP contribution in [0.2, 0.25) is 0 Å². The highest BCUT2D eigenvalue weighted by atomic mass is 32.2. The van der Waals surface area contributed by atoms with E-state index in [9.17, 15) is 14.7 Å². The number of aliphatic carboxylic acids is 1. The quantitative estimate of drug-likeness (QED) is 0.823. The van der Waals surface area contributed by atoms with Crippen LogP contribution in [0, 0.1) is 0 Å². The lowest BCUT2D eigenvalue weighted by Gasteiger charge is -2.37. The summed E-state index contributed by atoms with van der Waals surface area (Å²) in [5.74, 6) is 2.46. The summed E-state index contributed by atoms with van der Waals surface area (Å²) >= 11 is 3.45. The van der Waals surface area contributed by atoms with Crippen molar-refractivity contribution in [2.45, 2.75) is 18.5 Å². The SMILES string of the molecule is CN(C(=O)N1CCSCC1C(=O)O)C1CCSC1. The summed E-state index contributed by atoms with van der Waals surface area (Å²) in [6.45, 7) is 0.532. The van der Waals surface area contributed by atoms with Crippen LogP contribution < -0.4 is 0 Å². The van der Waals surface area contributed by atoms with Crippen molar-refractivity contribution in [1.29, 1.82) is 0 Å². The molecule has 0 saturated carbocycles. The van der Waals surface area contributed by atoms with Crippen LogP contribution >= 0.6 is 23.5 Å². The Bertz CT molecular complexity index is 334. The first-order valence-electron chi connectivity index (χ1n) is 6.03. The molecule has 0 aromatic rings. The molecule has 102 valence electrons. The Balaban J connectivity index is 2.03. The predicted molar refractivity (Wildman–Crippen MR) is 74.3 cm³/mol. The Morgan fingerprint density at radius 3 is 2.61 bits per heavy atom. The van der Waals surface area contributed by atoms with Crippen molar-refractivity contribution in [3.8, 4) is 0 Å². The fourth-order valence-electron chi connectivity index (χ4n) is 2.22. The Kier molecular flexibility index (Phi) is 4.66. The molecule has 0 bridgehead atoms. The minimum atomic E-state index is -0.898. The molecule has 5 nitrogen and oxygen atoms in total. The fraction of sp³-hybridized carbons (Fsp3) is 0.818.